The number of rotatable bonds is 5. The van der Waals surface area contributed by atoms with Crippen LogP contribution in [0.1, 0.15) is 35.7 Å². The summed E-state index contributed by atoms with van der Waals surface area (Å²) in [5.74, 6) is 0.221. The molecule has 4 aromatic rings. The zero-order valence-corrected chi connectivity index (χ0v) is 16.5. The molecule has 0 aromatic carbocycles. The van der Waals surface area contributed by atoms with Gasteiger partial charge in [-0.1, -0.05) is 5.16 Å². The quantitative estimate of drug-likeness (QED) is 0.531. The fraction of sp³-hybridized carbons (Fsp3) is 0.316. The van der Waals surface area contributed by atoms with E-state index in [-0.39, 0.29) is 12.5 Å². The van der Waals surface area contributed by atoms with Crippen LogP contribution in [0.2, 0.25) is 0 Å². The Morgan fingerprint density at radius 2 is 2.14 bits per heavy atom. The van der Waals surface area contributed by atoms with Gasteiger partial charge in [0.15, 0.2) is 5.65 Å². The minimum atomic E-state index is -0.977. The van der Waals surface area contributed by atoms with Crippen LogP contribution in [-0.4, -0.2) is 46.1 Å². The molecule has 0 spiro atoms. The Morgan fingerprint density at radius 1 is 1.34 bits per heavy atom. The lowest BCUT2D eigenvalue weighted by atomic mass is 10.1. The lowest BCUT2D eigenvalue weighted by Gasteiger charge is -2.16. The van der Waals surface area contributed by atoms with Crippen molar-refractivity contribution >= 4 is 17.2 Å². The molecule has 10 heteroatoms. The van der Waals surface area contributed by atoms with E-state index in [0.717, 1.165) is 0 Å². The molecule has 150 valence electrons. The highest BCUT2D eigenvalue weighted by atomic mass is 16.5. The van der Waals surface area contributed by atoms with E-state index in [0.29, 0.717) is 39.6 Å². The molecule has 0 aliphatic carbocycles. The molecule has 0 aliphatic heterocycles. The van der Waals surface area contributed by atoms with Gasteiger partial charge in [-0.25, -0.2) is 9.50 Å². The van der Waals surface area contributed by atoms with Crippen LogP contribution >= 0.6 is 0 Å². The number of carbonyl (C=O) groups excluding carboxylic acids is 1. The number of aliphatic hydroxyl groups is 1. The normalized spacial score (nSPS) is 11.9. The summed E-state index contributed by atoms with van der Waals surface area (Å²) in [7, 11) is 0. The van der Waals surface area contributed by atoms with E-state index in [1.54, 1.807) is 50.1 Å². The maximum absolute atomic E-state index is 12.9. The molecule has 0 atom stereocenters. The van der Waals surface area contributed by atoms with Crippen LogP contribution in [-0.2, 0) is 6.54 Å². The van der Waals surface area contributed by atoms with Crippen molar-refractivity contribution in [2.75, 3.05) is 5.32 Å². The third-order valence-electron chi connectivity index (χ3n) is 4.35. The number of hydrogen-bond acceptors (Lipinski definition) is 7. The molecule has 4 aromatic heterocycles. The number of anilines is 1. The second-order valence-electron chi connectivity index (χ2n) is 7.50. The molecule has 29 heavy (non-hydrogen) atoms. The van der Waals surface area contributed by atoms with Crippen molar-refractivity contribution in [3.05, 3.63) is 47.9 Å². The standard InChI is InChI=1S/C19H21N7O3/c1-11-15(12(2)29-24-11)16-14(9-25(23-16)10-19(3,4)28)22-18(27)13-8-21-26-7-5-6-20-17(13)26/h5-9,28H,10H2,1-4H3,(H,22,27). The van der Waals surface area contributed by atoms with Gasteiger partial charge in [0.05, 0.1) is 35.3 Å². The van der Waals surface area contributed by atoms with Crippen LogP contribution in [0.25, 0.3) is 16.9 Å². The maximum atomic E-state index is 12.9. The molecule has 2 N–H and O–H groups in total. The van der Waals surface area contributed by atoms with Crippen molar-refractivity contribution in [2.24, 2.45) is 0 Å². The molecule has 4 heterocycles. The number of carbonyl (C=O) groups is 1. The molecule has 0 saturated carbocycles. The third-order valence-corrected chi connectivity index (χ3v) is 4.35. The number of hydrogen-bond donors (Lipinski definition) is 2. The second-order valence-corrected chi connectivity index (χ2v) is 7.50. The van der Waals surface area contributed by atoms with Gasteiger partial charge in [-0.15, -0.1) is 0 Å². The lowest BCUT2D eigenvalue weighted by Crippen LogP contribution is -2.26. The van der Waals surface area contributed by atoms with Gasteiger partial charge in [0.25, 0.3) is 5.91 Å². The molecule has 0 saturated heterocycles. The Bertz CT molecular complexity index is 1180. The van der Waals surface area contributed by atoms with Crippen LogP contribution in [0.5, 0.6) is 0 Å². The Balaban J connectivity index is 1.75. The molecule has 0 radical (unpaired) electrons. The molecular formula is C19H21N7O3. The van der Waals surface area contributed by atoms with Crippen molar-refractivity contribution < 1.29 is 14.4 Å². The summed E-state index contributed by atoms with van der Waals surface area (Å²) in [6.45, 7) is 7.21. The minimum absolute atomic E-state index is 0.248. The van der Waals surface area contributed by atoms with Crippen molar-refractivity contribution in [3.8, 4) is 11.3 Å². The number of aromatic nitrogens is 6. The monoisotopic (exact) mass is 395 g/mol. The Morgan fingerprint density at radius 3 is 2.83 bits per heavy atom. The van der Waals surface area contributed by atoms with Gasteiger partial charge in [-0.05, 0) is 33.8 Å². The molecule has 0 fully saturated rings. The van der Waals surface area contributed by atoms with Gasteiger partial charge in [0.1, 0.15) is 17.0 Å². The van der Waals surface area contributed by atoms with Gasteiger partial charge < -0.3 is 14.9 Å². The average Bonchev–Trinajstić information content (AvgIpc) is 3.31. The lowest BCUT2D eigenvalue weighted by molar-refractivity contribution is 0.0578. The SMILES string of the molecule is Cc1noc(C)c1-c1nn(CC(C)(C)O)cc1NC(=O)c1cnn2cccnc12. The number of amides is 1. The Hall–Kier alpha value is -3.53. The van der Waals surface area contributed by atoms with Gasteiger partial charge in [-0.3, -0.25) is 9.48 Å². The topological polar surface area (TPSA) is 123 Å². The smallest absolute Gasteiger partial charge is 0.261 e. The summed E-state index contributed by atoms with van der Waals surface area (Å²) in [6, 6.07) is 1.73. The highest BCUT2D eigenvalue weighted by Gasteiger charge is 2.24. The predicted octanol–water partition coefficient (Wildman–Crippen LogP) is 2.22. The van der Waals surface area contributed by atoms with Gasteiger partial charge in [-0.2, -0.15) is 10.2 Å². The van der Waals surface area contributed by atoms with Crippen LogP contribution in [0, 0.1) is 13.8 Å². The summed E-state index contributed by atoms with van der Waals surface area (Å²) in [4.78, 5) is 17.2. The van der Waals surface area contributed by atoms with E-state index in [1.807, 2.05) is 6.92 Å². The maximum Gasteiger partial charge on any atom is 0.261 e. The van der Waals surface area contributed by atoms with Gasteiger partial charge in [0, 0.05) is 18.6 Å². The van der Waals surface area contributed by atoms with Crippen LogP contribution in [0.4, 0.5) is 5.69 Å². The third kappa shape index (κ3) is 3.61. The largest absolute Gasteiger partial charge is 0.389 e. The Kier molecular flexibility index (Phi) is 4.42. The first-order valence-corrected chi connectivity index (χ1v) is 9.06. The molecule has 0 unspecified atom stereocenters. The van der Waals surface area contributed by atoms with E-state index in [4.69, 9.17) is 4.52 Å². The van der Waals surface area contributed by atoms with E-state index >= 15 is 0 Å². The molecule has 4 rings (SSSR count). The summed E-state index contributed by atoms with van der Waals surface area (Å²) >= 11 is 0. The Labute approximate surface area is 166 Å². The number of nitrogens with one attached hydrogen (secondary N) is 1. The van der Waals surface area contributed by atoms with E-state index in [1.165, 1.54) is 10.7 Å². The van der Waals surface area contributed by atoms with Gasteiger partial charge in [0.2, 0.25) is 0 Å². The molecular weight excluding hydrogens is 374 g/mol. The van der Waals surface area contributed by atoms with Crippen molar-refractivity contribution in [1.82, 2.24) is 29.5 Å². The first-order valence-electron chi connectivity index (χ1n) is 9.06. The van der Waals surface area contributed by atoms with Crippen molar-refractivity contribution in [3.63, 3.8) is 0 Å². The molecule has 1 amide bonds. The van der Waals surface area contributed by atoms with Crippen molar-refractivity contribution in [1.29, 1.82) is 0 Å². The minimum Gasteiger partial charge on any atom is -0.389 e. The van der Waals surface area contributed by atoms with E-state index in [2.05, 4.69) is 25.7 Å². The van der Waals surface area contributed by atoms with E-state index in [9.17, 15) is 9.90 Å². The average molecular weight is 395 g/mol. The van der Waals surface area contributed by atoms with Crippen molar-refractivity contribution in [2.45, 2.75) is 39.8 Å². The summed E-state index contributed by atoms with van der Waals surface area (Å²) in [5, 5.41) is 25.7. The number of fused-ring (bicyclic) bond motifs is 1. The first-order chi connectivity index (χ1) is 13.7. The zero-order valence-electron chi connectivity index (χ0n) is 16.5. The molecule has 0 aliphatic rings. The molecule has 0 bridgehead atoms. The highest BCUT2D eigenvalue weighted by Crippen LogP contribution is 2.32. The number of nitrogens with zero attached hydrogens (tertiary/aromatic N) is 6. The summed E-state index contributed by atoms with van der Waals surface area (Å²) < 4.78 is 8.38. The fourth-order valence-electron chi connectivity index (χ4n) is 3.17. The van der Waals surface area contributed by atoms with Crippen LogP contribution < -0.4 is 5.32 Å². The van der Waals surface area contributed by atoms with E-state index < -0.39 is 5.60 Å². The molecule has 10 nitrogen and oxygen atoms in total. The fourth-order valence-corrected chi connectivity index (χ4v) is 3.17. The van der Waals surface area contributed by atoms with Crippen LogP contribution in [0.15, 0.2) is 35.4 Å². The van der Waals surface area contributed by atoms with Crippen LogP contribution in [0.3, 0.4) is 0 Å². The summed E-state index contributed by atoms with van der Waals surface area (Å²) in [6.07, 6.45) is 6.46. The van der Waals surface area contributed by atoms with Gasteiger partial charge >= 0.3 is 0 Å². The predicted molar refractivity (Wildman–Crippen MR) is 104 cm³/mol. The first kappa shape index (κ1) is 18.8. The zero-order chi connectivity index (χ0) is 20.8. The number of aryl methyl sites for hydroxylation is 2. The highest BCUT2D eigenvalue weighted by molar-refractivity contribution is 6.09. The second kappa shape index (κ2) is 6.82. The summed E-state index contributed by atoms with van der Waals surface area (Å²) in [5.41, 5.74) is 2.16.